The maximum absolute atomic E-state index is 10.9. The van der Waals surface area contributed by atoms with E-state index in [4.69, 9.17) is 13.8 Å². The van der Waals surface area contributed by atoms with E-state index in [1.807, 2.05) is 12.2 Å². The van der Waals surface area contributed by atoms with Crippen LogP contribution in [0.4, 0.5) is 0 Å². The molecule has 0 aliphatic rings. The van der Waals surface area contributed by atoms with Gasteiger partial charge in [0.25, 0.3) is 0 Å². The molecule has 0 aromatic rings. The third kappa shape index (κ3) is 19.3. The van der Waals surface area contributed by atoms with E-state index >= 15 is 0 Å². The molecule has 1 unspecified atom stereocenters. The quantitative estimate of drug-likeness (QED) is 0.212. The number of carboxylic acid groups (broad SMARTS) is 1. The van der Waals surface area contributed by atoms with Gasteiger partial charge >= 0.3 is 16.4 Å². The second-order valence-corrected chi connectivity index (χ2v) is 7.45. The van der Waals surface area contributed by atoms with Crippen LogP contribution in [-0.2, 0) is 19.4 Å². The highest BCUT2D eigenvalue weighted by Crippen LogP contribution is 2.14. The molecule has 6 nitrogen and oxygen atoms in total. The predicted octanol–water partition coefficient (Wildman–Crippen LogP) is 4.91. The molecule has 0 aromatic carbocycles. The van der Waals surface area contributed by atoms with Gasteiger partial charge in [0.05, 0.1) is 6.10 Å². The molecule has 2 N–H and O–H groups in total. The number of rotatable bonds is 17. The van der Waals surface area contributed by atoms with Crippen molar-refractivity contribution in [1.29, 1.82) is 0 Å². The van der Waals surface area contributed by atoms with Crippen LogP contribution in [0.3, 0.4) is 0 Å². The predicted molar refractivity (Wildman–Crippen MR) is 98.9 cm³/mol. The monoisotopic (exact) mass is 378 g/mol. The highest BCUT2D eigenvalue weighted by molar-refractivity contribution is 7.80. The molecular formula is C18H34O6S. The number of allylic oxidation sites excluding steroid dienone is 1. The van der Waals surface area contributed by atoms with Gasteiger partial charge in [0.2, 0.25) is 0 Å². The summed E-state index contributed by atoms with van der Waals surface area (Å²) in [5.74, 6) is -0.737. The van der Waals surface area contributed by atoms with Crippen molar-refractivity contribution in [3.63, 3.8) is 0 Å². The average molecular weight is 379 g/mol. The minimum atomic E-state index is -4.41. The van der Waals surface area contributed by atoms with Gasteiger partial charge in [-0.15, -0.1) is 0 Å². The van der Waals surface area contributed by atoms with Gasteiger partial charge in [0, 0.05) is 6.42 Å². The number of carboxylic acids is 1. The number of hydrogen-bond donors (Lipinski definition) is 2. The van der Waals surface area contributed by atoms with Gasteiger partial charge in [0.1, 0.15) is 0 Å². The van der Waals surface area contributed by atoms with Crippen molar-refractivity contribution in [2.24, 2.45) is 0 Å². The van der Waals surface area contributed by atoms with E-state index in [2.05, 4.69) is 6.92 Å². The Kier molecular flexibility index (Phi) is 14.8. The van der Waals surface area contributed by atoms with Gasteiger partial charge in [-0.05, 0) is 32.1 Å². The van der Waals surface area contributed by atoms with Crippen LogP contribution >= 0.6 is 0 Å². The molecule has 0 aliphatic heterocycles. The molecule has 0 fully saturated rings. The van der Waals surface area contributed by atoms with Crippen LogP contribution in [-0.4, -0.2) is 30.2 Å². The lowest BCUT2D eigenvalue weighted by Gasteiger charge is -2.13. The Morgan fingerprint density at radius 1 is 1.00 bits per heavy atom. The fourth-order valence-electron chi connectivity index (χ4n) is 2.61. The van der Waals surface area contributed by atoms with Crippen LogP contribution in [0.2, 0.25) is 0 Å². The number of aliphatic carboxylic acids is 1. The van der Waals surface area contributed by atoms with Crippen molar-refractivity contribution in [3.05, 3.63) is 12.2 Å². The van der Waals surface area contributed by atoms with E-state index < -0.39 is 22.5 Å². The summed E-state index contributed by atoms with van der Waals surface area (Å²) in [7, 11) is -4.41. The van der Waals surface area contributed by atoms with Crippen LogP contribution in [0.25, 0.3) is 0 Å². The maximum Gasteiger partial charge on any atom is 0.397 e. The summed E-state index contributed by atoms with van der Waals surface area (Å²) in [6.07, 6.45) is 14.6. The van der Waals surface area contributed by atoms with Gasteiger partial charge < -0.3 is 5.11 Å². The first-order valence-corrected chi connectivity index (χ1v) is 10.7. The fourth-order valence-corrected chi connectivity index (χ4v) is 3.13. The van der Waals surface area contributed by atoms with Crippen molar-refractivity contribution in [1.82, 2.24) is 0 Å². The van der Waals surface area contributed by atoms with Gasteiger partial charge in [-0.2, -0.15) is 8.42 Å². The zero-order valence-electron chi connectivity index (χ0n) is 15.4. The summed E-state index contributed by atoms with van der Waals surface area (Å²) in [4.78, 5) is 10.4. The van der Waals surface area contributed by atoms with Crippen LogP contribution in [0.1, 0.15) is 90.4 Å². The molecule has 0 aromatic heterocycles. The topological polar surface area (TPSA) is 101 Å². The van der Waals surface area contributed by atoms with Crippen LogP contribution in [0.15, 0.2) is 12.2 Å². The van der Waals surface area contributed by atoms with Gasteiger partial charge in [-0.1, -0.05) is 64.0 Å². The molecule has 0 spiro atoms. The third-order valence-corrected chi connectivity index (χ3v) is 4.48. The van der Waals surface area contributed by atoms with E-state index in [1.165, 1.54) is 0 Å². The van der Waals surface area contributed by atoms with Crippen LogP contribution < -0.4 is 0 Å². The molecule has 0 rings (SSSR count). The highest BCUT2D eigenvalue weighted by Gasteiger charge is 2.15. The first kappa shape index (κ1) is 24.1. The Hall–Kier alpha value is -0.920. The molecule has 148 valence electrons. The standard InChI is InChI=1S/C18H34O6S/c1-2-3-4-11-14-17(24-25(21,22)23)15-12-9-7-5-6-8-10-13-16-18(19)20/h9,12,17H,2-8,10-11,13-16H2,1H3,(H,19,20)(H,21,22,23)/b12-9+. The first-order valence-electron chi connectivity index (χ1n) is 9.37. The second-order valence-electron chi connectivity index (χ2n) is 6.40. The smallest absolute Gasteiger partial charge is 0.397 e. The Labute approximate surface area is 152 Å². The zero-order chi connectivity index (χ0) is 19.0. The van der Waals surface area contributed by atoms with Crippen molar-refractivity contribution < 1.29 is 27.1 Å². The molecule has 0 saturated heterocycles. The van der Waals surface area contributed by atoms with Gasteiger partial charge in [-0.25, -0.2) is 4.18 Å². The second kappa shape index (κ2) is 15.3. The van der Waals surface area contributed by atoms with E-state index in [-0.39, 0.29) is 6.42 Å². The summed E-state index contributed by atoms with van der Waals surface area (Å²) in [6.45, 7) is 2.11. The Morgan fingerprint density at radius 2 is 1.64 bits per heavy atom. The number of carbonyl (C=O) groups is 1. The molecule has 0 saturated carbocycles. The minimum Gasteiger partial charge on any atom is -0.481 e. The van der Waals surface area contributed by atoms with Crippen molar-refractivity contribution in [3.8, 4) is 0 Å². The molecule has 0 amide bonds. The Balaban J connectivity index is 3.86. The lowest BCUT2D eigenvalue weighted by molar-refractivity contribution is -0.137. The minimum absolute atomic E-state index is 0.243. The number of hydrogen-bond acceptors (Lipinski definition) is 4. The maximum atomic E-state index is 10.9. The molecule has 0 aliphatic carbocycles. The van der Waals surface area contributed by atoms with E-state index in [0.29, 0.717) is 12.8 Å². The molecular weight excluding hydrogens is 344 g/mol. The van der Waals surface area contributed by atoms with Crippen LogP contribution in [0, 0.1) is 0 Å². The largest absolute Gasteiger partial charge is 0.481 e. The van der Waals surface area contributed by atoms with E-state index in [9.17, 15) is 13.2 Å². The first-order chi connectivity index (χ1) is 11.8. The Morgan fingerprint density at radius 3 is 2.28 bits per heavy atom. The average Bonchev–Trinajstić information content (AvgIpc) is 2.51. The molecule has 1 atom stereocenters. The number of unbranched alkanes of at least 4 members (excludes halogenated alkanes) is 8. The SMILES string of the molecule is CCCCCCC(C/C=C/CCCCCCCC(=O)O)OS(=O)(=O)O. The highest BCUT2D eigenvalue weighted by atomic mass is 32.3. The van der Waals surface area contributed by atoms with Crippen molar-refractivity contribution in [2.45, 2.75) is 96.5 Å². The molecule has 0 radical (unpaired) electrons. The molecule has 7 heteroatoms. The summed E-state index contributed by atoms with van der Waals surface area (Å²) >= 11 is 0. The lowest BCUT2D eigenvalue weighted by Crippen LogP contribution is -2.17. The fraction of sp³-hybridized carbons (Fsp3) is 0.833. The van der Waals surface area contributed by atoms with Crippen molar-refractivity contribution >= 4 is 16.4 Å². The molecule has 0 bridgehead atoms. The van der Waals surface area contributed by atoms with Crippen LogP contribution in [0.5, 0.6) is 0 Å². The lowest BCUT2D eigenvalue weighted by atomic mass is 10.1. The molecule has 0 heterocycles. The van der Waals surface area contributed by atoms with Crippen molar-refractivity contribution in [2.75, 3.05) is 0 Å². The summed E-state index contributed by atoms with van der Waals surface area (Å²) in [5.41, 5.74) is 0. The van der Waals surface area contributed by atoms with Gasteiger partial charge in [-0.3, -0.25) is 9.35 Å². The third-order valence-electron chi connectivity index (χ3n) is 3.96. The normalized spacial score (nSPS) is 13.4. The zero-order valence-corrected chi connectivity index (χ0v) is 16.2. The Bertz CT molecular complexity index is 458. The van der Waals surface area contributed by atoms with E-state index in [0.717, 1.165) is 64.2 Å². The summed E-state index contributed by atoms with van der Waals surface area (Å²) in [6, 6.07) is 0. The summed E-state index contributed by atoms with van der Waals surface area (Å²) < 4.78 is 35.4. The van der Waals surface area contributed by atoms with E-state index in [1.54, 1.807) is 0 Å². The van der Waals surface area contributed by atoms with Gasteiger partial charge in [0.15, 0.2) is 0 Å². The summed E-state index contributed by atoms with van der Waals surface area (Å²) in [5, 5.41) is 8.54. The molecule has 25 heavy (non-hydrogen) atoms.